The van der Waals surface area contributed by atoms with Crippen LogP contribution in [0.3, 0.4) is 0 Å². The number of rotatable bonds is 6. The van der Waals surface area contributed by atoms with Crippen LogP contribution in [0.1, 0.15) is 51.0 Å². The van der Waals surface area contributed by atoms with E-state index in [0.29, 0.717) is 23.4 Å². The van der Waals surface area contributed by atoms with E-state index in [1.54, 1.807) is 0 Å². The summed E-state index contributed by atoms with van der Waals surface area (Å²) in [5.74, 6) is -3.61. The van der Waals surface area contributed by atoms with Gasteiger partial charge in [0.15, 0.2) is 5.60 Å². The normalized spacial score (nSPS) is 14.5. The van der Waals surface area contributed by atoms with Crippen LogP contribution in [-0.2, 0) is 16.5 Å². The summed E-state index contributed by atoms with van der Waals surface area (Å²) in [7, 11) is 0.910. The number of hydrogen-bond donors (Lipinski definition) is 2. The highest BCUT2D eigenvalue weighted by Crippen LogP contribution is 2.51. The number of aromatic nitrogens is 1. The second-order valence-corrected chi connectivity index (χ2v) is 9.26. The Kier molecular flexibility index (Phi) is 8.14. The summed E-state index contributed by atoms with van der Waals surface area (Å²) in [6.45, 7) is 4.17. The molecule has 13 heteroatoms. The number of esters is 1. The number of nitrogen functional groups attached to an aromatic ring is 1. The second-order valence-electron chi connectivity index (χ2n) is 8.85. The van der Waals surface area contributed by atoms with Crippen molar-refractivity contribution in [1.82, 2.24) is 4.98 Å². The standard InChI is InChI=1S/C26H23ClF6N2O4/c1-12-7-15(8-13(2)22(12)34)24(37,26(31,32)33)14(3)17-6-5-16(9-20(17)27)39-21-10-19(25(28,29)30)18(11-35-21)23(36)38-4/h5-11,14,37H,34H2,1-4H3/t14-,24-/m0/s1. The monoisotopic (exact) mass is 576 g/mol. The number of aryl methyl sites for hydroxylation is 2. The fraction of sp³-hybridized carbons (Fsp3) is 0.308. The molecule has 6 nitrogen and oxygen atoms in total. The Hall–Kier alpha value is -3.51. The average molecular weight is 577 g/mol. The Morgan fingerprint density at radius 2 is 1.64 bits per heavy atom. The van der Waals surface area contributed by atoms with E-state index < -0.39 is 52.4 Å². The van der Waals surface area contributed by atoms with Gasteiger partial charge in [0.2, 0.25) is 5.88 Å². The van der Waals surface area contributed by atoms with Crippen LogP contribution in [0.25, 0.3) is 0 Å². The number of methoxy groups -OCH3 is 1. The Morgan fingerprint density at radius 1 is 1.05 bits per heavy atom. The predicted molar refractivity (Wildman–Crippen MR) is 131 cm³/mol. The molecule has 0 unspecified atom stereocenters. The smallest absolute Gasteiger partial charge is 0.422 e. The number of hydrogen-bond acceptors (Lipinski definition) is 6. The highest BCUT2D eigenvalue weighted by molar-refractivity contribution is 6.31. The molecule has 0 aliphatic heterocycles. The molecule has 3 aromatic rings. The lowest BCUT2D eigenvalue weighted by molar-refractivity contribution is -0.274. The van der Waals surface area contributed by atoms with E-state index in [4.69, 9.17) is 22.1 Å². The predicted octanol–water partition coefficient (Wildman–Crippen LogP) is 7.09. The number of alkyl halides is 6. The van der Waals surface area contributed by atoms with E-state index in [2.05, 4.69) is 9.72 Å². The molecule has 2 aromatic carbocycles. The maximum atomic E-state index is 14.4. The SMILES string of the molecule is COC(=O)c1cnc(Oc2ccc([C@H](C)[C@](O)(c3cc(C)c(N)c(C)c3)C(F)(F)F)c(Cl)c2)cc1C(F)(F)F. The lowest BCUT2D eigenvalue weighted by Gasteiger charge is -2.37. The first-order valence-corrected chi connectivity index (χ1v) is 11.6. The fourth-order valence-corrected chi connectivity index (χ4v) is 4.46. The summed E-state index contributed by atoms with van der Waals surface area (Å²) in [5, 5.41) is 10.8. The van der Waals surface area contributed by atoms with E-state index >= 15 is 0 Å². The van der Waals surface area contributed by atoms with Gasteiger partial charge in [-0.1, -0.05) is 36.7 Å². The number of nitrogens with zero attached hydrogens (tertiary/aromatic N) is 1. The van der Waals surface area contributed by atoms with E-state index in [-0.39, 0.29) is 22.0 Å². The molecule has 39 heavy (non-hydrogen) atoms. The number of anilines is 1. The third kappa shape index (κ3) is 5.76. The minimum atomic E-state index is -5.13. The van der Waals surface area contributed by atoms with E-state index in [9.17, 15) is 36.2 Å². The molecule has 0 saturated heterocycles. The molecule has 0 fully saturated rings. The van der Waals surface area contributed by atoms with Gasteiger partial charge < -0.3 is 20.3 Å². The highest BCUT2D eigenvalue weighted by Gasteiger charge is 2.59. The Morgan fingerprint density at radius 3 is 2.13 bits per heavy atom. The van der Waals surface area contributed by atoms with Gasteiger partial charge in [-0.3, -0.25) is 0 Å². The Bertz CT molecular complexity index is 1390. The molecule has 0 spiro atoms. The average Bonchev–Trinajstić information content (AvgIpc) is 2.84. The van der Waals surface area contributed by atoms with Gasteiger partial charge in [-0.15, -0.1) is 0 Å². The van der Waals surface area contributed by atoms with Crippen LogP contribution >= 0.6 is 11.6 Å². The van der Waals surface area contributed by atoms with Crippen LogP contribution in [0, 0.1) is 13.8 Å². The zero-order valence-electron chi connectivity index (χ0n) is 21.0. The zero-order chi connectivity index (χ0) is 29.5. The molecule has 0 bridgehead atoms. The summed E-state index contributed by atoms with van der Waals surface area (Å²) < 4.78 is 93.1. The van der Waals surface area contributed by atoms with E-state index in [1.165, 1.54) is 13.8 Å². The summed E-state index contributed by atoms with van der Waals surface area (Å²) >= 11 is 6.27. The van der Waals surface area contributed by atoms with Gasteiger partial charge in [0.25, 0.3) is 0 Å². The maximum absolute atomic E-state index is 14.4. The van der Waals surface area contributed by atoms with Crippen LogP contribution in [0.2, 0.25) is 5.02 Å². The molecule has 0 radical (unpaired) electrons. The van der Waals surface area contributed by atoms with Crippen molar-refractivity contribution in [3.8, 4) is 11.6 Å². The maximum Gasteiger partial charge on any atom is 0.422 e. The molecular formula is C26H23ClF6N2O4. The molecule has 0 saturated carbocycles. The summed E-state index contributed by atoms with van der Waals surface area (Å²) in [6, 6.07) is 6.18. The van der Waals surface area contributed by atoms with Gasteiger partial charge in [0.1, 0.15) is 5.75 Å². The molecule has 1 aromatic heterocycles. The molecule has 0 aliphatic carbocycles. The molecule has 0 aliphatic rings. The highest BCUT2D eigenvalue weighted by atomic mass is 35.5. The van der Waals surface area contributed by atoms with Crippen molar-refractivity contribution >= 4 is 23.3 Å². The first kappa shape index (κ1) is 30.0. The molecule has 2 atom stereocenters. The summed E-state index contributed by atoms with van der Waals surface area (Å²) in [6.07, 6.45) is -9.44. The first-order valence-electron chi connectivity index (χ1n) is 11.2. The molecule has 0 amide bonds. The van der Waals surface area contributed by atoms with Crippen molar-refractivity contribution in [3.05, 3.63) is 81.0 Å². The van der Waals surface area contributed by atoms with Crippen LogP contribution in [0.4, 0.5) is 32.0 Å². The molecule has 210 valence electrons. The van der Waals surface area contributed by atoms with Crippen molar-refractivity contribution in [3.63, 3.8) is 0 Å². The molecular weight excluding hydrogens is 554 g/mol. The largest absolute Gasteiger partial charge is 0.465 e. The van der Waals surface area contributed by atoms with Crippen molar-refractivity contribution in [2.45, 2.75) is 44.6 Å². The number of halogens is 7. The van der Waals surface area contributed by atoms with Crippen molar-refractivity contribution in [1.29, 1.82) is 0 Å². The van der Waals surface area contributed by atoms with E-state index in [0.717, 1.165) is 44.4 Å². The molecule has 3 N–H and O–H groups in total. The first-order chi connectivity index (χ1) is 17.9. The quantitative estimate of drug-likeness (QED) is 0.185. The summed E-state index contributed by atoms with van der Waals surface area (Å²) in [5.41, 5.74) is 0.746. The number of nitrogens with two attached hydrogens (primary N) is 1. The number of pyridine rings is 1. The Labute approximate surface area is 224 Å². The van der Waals surface area contributed by atoms with Gasteiger partial charge in [0, 0.05) is 28.9 Å². The number of aliphatic hydroxyl groups is 1. The second kappa shape index (κ2) is 10.6. The summed E-state index contributed by atoms with van der Waals surface area (Å²) in [4.78, 5) is 15.4. The fourth-order valence-electron chi connectivity index (χ4n) is 4.12. The number of carbonyl (C=O) groups excluding carboxylic acids is 1. The number of carbonyl (C=O) groups is 1. The van der Waals surface area contributed by atoms with Crippen LogP contribution in [0.15, 0.2) is 42.6 Å². The van der Waals surface area contributed by atoms with Gasteiger partial charge >= 0.3 is 18.3 Å². The lowest BCUT2D eigenvalue weighted by atomic mass is 9.76. The molecule has 1 heterocycles. The topological polar surface area (TPSA) is 94.7 Å². The minimum Gasteiger partial charge on any atom is -0.465 e. The Balaban J connectivity index is 2.01. The third-order valence-corrected chi connectivity index (χ3v) is 6.67. The van der Waals surface area contributed by atoms with Crippen LogP contribution in [-0.4, -0.2) is 29.3 Å². The van der Waals surface area contributed by atoms with E-state index in [1.807, 2.05) is 0 Å². The van der Waals surface area contributed by atoms with Crippen LogP contribution < -0.4 is 10.5 Å². The number of benzene rings is 2. The number of ether oxygens (including phenoxy) is 2. The lowest BCUT2D eigenvalue weighted by Crippen LogP contribution is -2.46. The van der Waals surface area contributed by atoms with Crippen molar-refractivity contribution in [2.75, 3.05) is 12.8 Å². The minimum absolute atomic E-state index is 0.110. The third-order valence-electron chi connectivity index (χ3n) is 6.34. The van der Waals surface area contributed by atoms with Gasteiger partial charge in [-0.2, -0.15) is 26.3 Å². The molecule has 3 rings (SSSR count). The van der Waals surface area contributed by atoms with Crippen molar-refractivity contribution in [2.24, 2.45) is 0 Å². The van der Waals surface area contributed by atoms with Crippen molar-refractivity contribution < 1.29 is 45.7 Å². The van der Waals surface area contributed by atoms with Gasteiger partial charge in [-0.25, -0.2) is 9.78 Å². The zero-order valence-corrected chi connectivity index (χ0v) is 21.7. The van der Waals surface area contributed by atoms with Crippen LogP contribution in [0.5, 0.6) is 11.6 Å². The van der Waals surface area contributed by atoms with Gasteiger partial charge in [-0.05, 0) is 48.2 Å². The van der Waals surface area contributed by atoms with Gasteiger partial charge in [0.05, 0.1) is 18.2 Å².